The van der Waals surface area contributed by atoms with Crippen LogP contribution in [0.2, 0.25) is 0 Å². The summed E-state index contributed by atoms with van der Waals surface area (Å²) < 4.78 is 40.3. The topological polar surface area (TPSA) is 102 Å². The van der Waals surface area contributed by atoms with E-state index < -0.39 is 29.3 Å². The zero-order chi connectivity index (χ0) is 28.6. The second-order valence-corrected chi connectivity index (χ2v) is 9.65. The maximum absolute atomic E-state index is 13.8. The first-order chi connectivity index (χ1) is 19.2. The normalized spacial score (nSPS) is 11.8. The van der Waals surface area contributed by atoms with Crippen LogP contribution in [0.25, 0.3) is 10.8 Å². The molecule has 4 rings (SSSR count). The van der Waals surface area contributed by atoms with Crippen LogP contribution in [0, 0.1) is 23.4 Å². The van der Waals surface area contributed by atoms with Crippen LogP contribution in [0.5, 0.6) is 0 Å². The lowest BCUT2D eigenvalue weighted by molar-refractivity contribution is -0.129. The molecule has 1 heterocycles. The van der Waals surface area contributed by atoms with Gasteiger partial charge in [-0.05, 0) is 77.9 Å². The van der Waals surface area contributed by atoms with Crippen LogP contribution in [-0.2, 0) is 22.6 Å². The first kappa shape index (κ1) is 28.5. The van der Waals surface area contributed by atoms with E-state index in [0.717, 1.165) is 28.5 Å². The molecule has 0 saturated carbocycles. The molecule has 9 heteroatoms. The standard InChI is InChI=1S/C31H28F3N3O3/c32-24-8-6-21(7-9-24)29(39)3-1-2-25(38)17-23(14-19-5-11-27(33)28(34)16-19)31(40)37-18-20-4-10-26-22(15-20)12-13-36-30(26)35/h4-13,15-16,23H,1-3,14,17-18H2,(H2,35,36)(H,37,40)/t23-/m1/s1. The number of nitrogens with one attached hydrogen (secondary N) is 1. The van der Waals surface area contributed by atoms with Crippen molar-refractivity contribution in [2.24, 2.45) is 5.92 Å². The Morgan fingerprint density at radius 1 is 0.850 bits per heavy atom. The quantitative estimate of drug-likeness (QED) is 0.221. The number of aromatic nitrogens is 1. The fraction of sp³-hybridized carbons (Fsp3) is 0.226. The molecule has 3 aromatic carbocycles. The molecule has 40 heavy (non-hydrogen) atoms. The molecule has 0 saturated heterocycles. The van der Waals surface area contributed by atoms with Gasteiger partial charge >= 0.3 is 0 Å². The highest BCUT2D eigenvalue weighted by atomic mass is 19.2. The molecule has 0 aliphatic carbocycles. The minimum absolute atomic E-state index is 0.0310. The van der Waals surface area contributed by atoms with Crippen LogP contribution in [0.4, 0.5) is 19.0 Å². The van der Waals surface area contributed by atoms with E-state index in [-0.39, 0.29) is 50.2 Å². The first-order valence-corrected chi connectivity index (χ1v) is 12.8. The maximum atomic E-state index is 13.8. The van der Waals surface area contributed by atoms with Crippen molar-refractivity contribution in [3.05, 3.63) is 107 Å². The van der Waals surface area contributed by atoms with Gasteiger partial charge in [0.1, 0.15) is 17.4 Å². The summed E-state index contributed by atoms with van der Waals surface area (Å²) in [5.41, 5.74) is 7.45. The smallest absolute Gasteiger partial charge is 0.224 e. The number of rotatable bonds is 12. The minimum Gasteiger partial charge on any atom is -0.383 e. The van der Waals surface area contributed by atoms with Gasteiger partial charge in [0.15, 0.2) is 17.4 Å². The summed E-state index contributed by atoms with van der Waals surface area (Å²) in [6.07, 6.45) is 1.92. The predicted molar refractivity (Wildman–Crippen MR) is 146 cm³/mol. The lowest BCUT2D eigenvalue weighted by Gasteiger charge is -2.17. The molecule has 3 N–H and O–H groups in total. The van der Waals surface area contributed by atoms with Gasteiger partial charge in [-0.1, -0.05) is 18.2 Å². The number of hydrogen-bond acceptors (Lipinski definition) is 5. The minimum atomic E-state index is -1.03. The summed E-state index contributed by atoms with van der Waals surface area (Å²) in [5, 5.41) is 4.49. The second-order valence-electron chi connectivity index (χ2n) is 9.65. The van der Waals surface area contributed by atoms with Gasteiger partial charge < -0.3 is 11.1 Å². The zero-order valence-electron chi connectivity index (χ0n) is 21.6. The fourth-order valence-electron chi connectivity index (χ4n) is 4.51. The van der Waals surface area contributed by atoms with E-state index in [0.29, 0.717) is 16.9 Å². The largest absolute Gasteiger partial charge is 0.383 e. The van der Waals surface area contributed by atoms with Crippen LogP contribution < -0.4 is 11.1 Å². The third-order valence-corrected chi connectivity index (χ3v) is 6.66. The number of amides is 1. The summed E-state index contributed by atoms with van der Waals surface area (Å²) in [7, 11) is 0. The summed E-state index contributed by atoms with van der Waals surface area (Å²) in [6.45, 7) is 0.186. The van der Waals surface area contributed by atoms with Gasteiger partial charge in [0.25, 0.3) is 0 Å². The number of ketones is 2. The number of nitrogen functional groups attached to an aromatic ring is 1. The first-order valence-electron chi connectivity index (χ1n) is 12.8. The summed E-state index contributed by atoms with van der Waals surface area (Å²) in [4.78, 5) is 42.3. The van der Waals surface area contributed by atoms with Gasteiger partial charge in [-0.25, -0.2) is 18.2 Å². The highest BCUT2D eigenvalue weighted by Gasteiger charge is 2.23. The number of halogens is 3. The number of Topliss-reactive ketones (excluding diaryl/α,β-unsaturated/α-hetero) is 2. The van der Waals surface area contributed by atoms with Crippen LogP contribution in [0.1, 0.15) is 47.2 Å². The molecule has 0 aliphatic rings. The molecule has 1 aromatic heterocycles. The Labute approximate surface area is 229 Å². The van der Waals surface area contributed by atoms with Crippen molar-refractivity contribution in [2.75, 3.05) is 5.73 Å². The molecule has 0 unspecified atom stereocenters. The van der Waals surface area contributed by atoms with Gasteiger partial charge in [0, 0.05) is 48.9 Å². The van der Waals surface area contributed by atoms with Crippen molar-refractivity contribution in [3.63, 3.8) is 0 Å². The van der Waals surface area contributed by atoms with Crippen LogP contribution >= 0.6 is 0 Å². The van der Waals surface area contributed by atoms with E-state index >= 15 is 0 Å². The highest BCUT2D eigenvalue weighted by molar-refractivity contribution is 5.96. The molecule has 6 nitrogen and oxygen atoms in total. The zero-order valence-corrected chi connectivity index (χ0v) is 21.6. The predicted octanol–water partition coefficient (Wildman–Crippen LogP) is 5.72. The van der Waals surface area contributed by atoms with Gasteiger partial charge in [-0.3, -0.25) is 14.4 Å². The number of fused-ring (bicyclic) bond motifs is 1. The van der Waals surface area contributed by atoms with Crippen molar-refractivity contribution in [1.82, 2.24) is 10.3 Å². The lowest BCUT2D eigenvalue weighted by atomic mass is 9.91. The van der Waals surface area contributed by atoms with Crippen molar-refractivity contribution in [3.8, 4) is 0 Å². The SMILES string of the molecule is Nc1nccc2cc(CNC(=O)[C@@H](CC(=O)CCCC(=O)c3ccc(F)cc3)Cc3ccc(F)c(F)c3)ccc12. The molecule has 0 radical (unpaired) electrons. The summed E-state index contributed by atoms with van der Waals surface area (Å²) >= 11 is 0. The average Bonchev–Trinajstić information content (AvgIpc) is 2.93. The number of carbonyl (C=O) groups excluding carboxylic acids is 3. The van der Waals surface area contributed by atoms with E-state index in [2.05, 4.69) is 10.3 Å². The molecule has 0 fully saturated rings. The van der Waals surface area contributed by atoms with Crippen molar-refractivity contribution in [1.29, 1.82) is 0 Å². The lowest BCUT2D eigenvalue weighted by Crippen LogP contribution is -2.33. The Kier molecular flexibility index (Phi) is 9.27. The van der Waals surface area contributed by atoms with Crippen molar-refractivity contribution in [2.45, 2.75) is 38.6 Å². The number of benzene rings is 3. The number of nitrogens with two attached hydrogens (primary N) is 1. The van der Waals surface area contributed by atoms with Gasteiger partial charge in [-0.15, -0.1) is 0 Å². The number of hydrogen-bond donors (Lipinski definition) is 2. The Balaban J connectivity index is 1.39. The van der Waals surface area contributed by atoms with E-state index in [1.807, 2.05) is 24.3 Å². The van der Waals surface area contributed by atoms with Crippen LogP contribution in [0.3, 0.4) is 0 Å². The summed E-state index contributed by atoms with van der Waals surface area (Å²) in [6, 6.07) is 15.9. The average molecular weight is 548 g/mol. The van der Waals surface area contributed by atoms with Crippen molar-refractivity contribution >= 4 is 34.1 Å². The third kappa shape index (κ3) is 7.53. The molecular formula is C31H28F3N3O3. The Morgan fingerprint density at radius 3 is 2.35 bits per heavy atom. The monoisotopic (exact) mass is 547 g/mol. The molecule has 0 aliphatic heterocycles. The number of carbonyl (C=O) groups is 3. The molecule has 206 valence electrons. The van der Waals surface area contributed by atoms with E-state index in [9.17, 15) is 27.6 Å². The van der Waals surface area contributed by atoms with E-state index in [1.54, 1.807) is 6.20 Å². The van der Waals surface area contributed by atoms with Gasteiger partial charge in [0.05, 0.1) is 0 Å². The highest BCUT2D eigenvalue weighted by Crippen LogP contribution is 2.21. The maximum Gasteiger partial charge on any atom is 0.224 e. The van der Waals surface area contributed by atoms with Gasteiger partial charge in [0.2, 0.25) is 5.91 Å². The van der Waals surface area contributed by atoms with Crippen molar-refractivity contribution < 1.29 is 27.6 Å². The van der Waals surface area contributed by atoms with E-state index in [1.165, 1.54) is 30.3 Å². The third-order valence-electron chi connectivity index (χ3n) is 6.66. The van der Waals surface area contributed by atoms with E-state index in [4.69, 9.17) is 5.73 Å². The summed E-state index contributed by atoms with van der Waals surface area (Å²) in [5.74, 6) is -3.76. The molecule has 4 aromatic rings. The van der Waals surface area contributed by atoms with Crippen LogP contribution in [-0.4, -0.2) is 22.5 Å². The molecular weight excluding hydrogens is 519 g/mol. The molecule has 1 amide bonds. The van der Waals surface area contributed by atoms with Crippen LogP contribution in [0.15, 0.2) is 72.9 Å². The van der Waals surface area contributed by atoms with Gasteiger partial charge in [-0.2, -0.15) is 0 Å². The fourth-order valence-corrected chi connectivity index (χ4v) is 4.51. The molecule has 0 spiro atoms. The molecule has 1 atom stereocenters. The molecule has 0 bridgehead atoms. The Hall–Kier alpha value is -4.53. The number of pyridine rings is 1. The second kappa shape index (κ2) is 13.0. The number of nitrogens with zero attached hydrogens (tertiary/aromatic N) is 1. The number of anilines is 1. The Bertz CT molecular complexity index is 1540. The Morgan fingerprint density at radius 2 is 1.60 bits per heavy atom.